The minimum Gasteiger partial charge on any atom is -0.373 e. The van der Waals surface area contributed by atoms with Gasteiger partial charge in [0, 0.05) is 25.7 Å². The van der Waals surface area contributed by atoms with Gasteiger partial charge in [-0.15, -0.1) is 0 Å². The predicted molar refractivity (Wildman–Crippen MR) is 73.2 cm³/mol. The first kappa shape index (κ1) is 14.4. The molecule has 8 heteroatoms. The zero-order valence-electron chi connectivity index (χ0n) is 11.7. The summed E-state index contributed by atoms with van der Waals surface area (Å²) in [5, 5.41) is 5.82. The number of anilines is 2. The molecule has 3 fully saturated rings. The van der Waals surface area contributed by atoms with E-state index >= 15 is 0 Å². The number of halogens is 3. The van der Waals surface area contributed by atoms with Gasteiger partial charge in [0.25, 0.3) is 0 Å². The Morgan fingerprint density at radius 3 is 2.38 bits per heavy atom. The molecule has 0 amide bonds. The second-order valence-electron chi connectivity index (χ2n) is 5.60. The summed E-state index contributed by atoms with van der Waals surface area (Å²) >= 11 is 0. The molecule has 0 aliphatic carbocycles. The van der Waals surface area contributed by atoms with Crippen molar-refractivity contribution in [3.63, 3.8) is 0 Å². The first-order chi connectivity index (χ1) is 9.95. The highest BCUT2D eigenvalue weighted by molar-refractivity contribution is 5.48. The zero-order chi connectivity index (χ0) is 15.0. The topological polar surface area (TPSA) is 53.1 Å². The monoisotopic (exact) mass is 301 g/mol. The van der Waals surface area contributed by atoms with Crippen molar-refractivity contribution in [2.45, 2.75) is 25.1 Å². The summed E-state index contributed by atoms with van der Waals surface area (Å²) in [7, 11) is 1.54. The van der Waals surface area contributed by atoms with Crippen LogP contribution >= 0.6 is 0 Å². The van der Waals surface area contributed by atoms with Gasteiger partial charge in [-0.2, -0.15) is 13.2 Å². The van der Waals surface area contributed by atoms with Crippen LogP contribution in [0.1, 0.15) is 18.7 Å². The first-order valence-electron chi connectivity index (χ1n) is 7.08. The highest BCUT2D eigenvalue weighted by Gasteiger charge is 2.37. The second kappa shape index (κ2) is 5.32. The number of fused-ring (bicyclic) bond motifs is 3. The maximum absolute atomic E-state index is 12.8. The number of hydrogen-bond acceptors (Lipinski definition) is 5. The van der Waals surface area contributed by atoms with Gasteiger partial charge in [-0.25, -0.2) is 9.97 Å². The minimum atomic E-state index is -4.54. The molecule has 1 aromatic rings. The van der Waals surface area contributed by atoms with E-state index in [1.807, 2.05) is 0 Å². The van der Waals surface area contributed by atoms with Crippen LogP contribution < -0.4 is 10.6 Å². The number of nitrogens with one attached hydrogen (secondary N) is 2. The van der Waals surface area contributed by atoms with Crippen molar-refractivity contribution >= 4 is 11.6 Å². The largest absolute Gasteiger partial charge is 0.451 e. The quantitative estimate of drug-likeness (QED) is 0.895. The van der Waals surface area contributed by atoms with Crippen molar-refractivity contribution in [2.24, 2.45) is 5.92 Å². The minimum absolute atomic E-state index is 0.160. The van der Waals surface area contributed by atoms with E-state index in [1.54, 1.807) is 7.05 Å². The Kier molecular flexibility index (Phi) is 3.64. The molecule has 0 spiro atoms. The summed E-state index contributed by atoms with van der Waals surface area (Å²) in [4.78, 5) is 9.43. The fourth-order valence-electron chi connectivity index (χ4n) is 3.09. The summed E-state index contributed by atoms with van der Waals surface area (Å²) in [5.41, 5.74) is 0. The Bertz CT molecular complexity index is 511. The van der Waals surface area contributed by atoms with Gasteiger partial charge in [-0.1, -0.05) is 0 Å². The normalized spacial score (nSPS) is 28.5. The average molecular weight is 301 g/mol. The van der Waals surface area contributed by atoms with Crippen LogP contribution in [0, 0.1) is 5.92 Å². The van der Waals surface area contributed by atoms with Crippen LogP contribution in [0.3, 0.4) is 0 Å². The molecular weight excluding hydrogens is 283 g/mol. The van der Waals surface area contributed by atoms with Gasteiger partial charge >= 0.3 is 6.18 Å². The van der Waals surface area contributed by atoms with E-state index in [1.165, 1.54) is 6.07 Å². The summed E-state index contributed by atoms with van der Waals surface area (Å²) in [6.45, 7) is 3.04. The number of rotatable bonds is 3. The van der Waals surface area contributed by atoms with Crippen LogP contribution in [0.25, 0.3) is 0 Å². The maximum Gasteiger partial charge on any atom is 0.451 e. The van der Waals surface area contributed by atoms with E-state index in [9.17, 15) is 13.2 Å². The molecule has 0 radical (unpaired) electrons. The third-order valence-corrected chi connectivity index (χ3v) is 4.23. The van der Waals surface area contributed by atoms with Crippen LogP contribution in [0.15, 0.2) is 6.07 Å². The lowest BCUT2D eigenvalue weighted by Crippen LogP contribution is -2.53. The third-order valence-electron chi connectivity index (χ3n) is 4.23. The SMILES string of the molecule is CNc1cc(NC2CN3CCC2CC3)nc(C(F)(F)F)n1. The molecule has 1 atom stereocenters. The molecule has 1 aromatic heterocycles. The van der Waals surface area contributed by atoms with E-state index < -0.39 is 12.0 Å². The highest BCUT2D eigenvalue weighted by Crippen LogP contribution is 2.31. The molecule has 2 N–H and O–H groups in total. The Morgan fingerprint density at radius 2 is 1.86 bits per heavy atom. The highest BCUT2D eigenvalue weighted by atomic mass is 19.4. The van der Waals surface area contributed by atoms with E-state index in [2.05, 4.69) is 25.5 Å². The Hall–Kier alpha value is -1.57. The van der Waals surface area contributed by atoms with Crippen molar-refractivity contribution in [3.05, 3.63) is 11.9 Å². The molecule has 5 nitrogen and oxygen atoms in total. The lowest BCUT2D eigenvalue weighted by Gasteiger charge is -2.45. The molecular formula is C13H18F3N5. The molecule has 21 heavy (non-hydrogen) atoms. The fourth-order valence-corrected chi connectivity index (χ4v) is 3.09. The number of hydrogen-bond donors (Lipinski definition) is 2. The number of aromatic nitrogens is 2. The molecule has 0 saturated carbocycles. The second-order valence-corrected chi connectivity index (χ2v) is 5.60. The summed E-state index contributed by atoms with van der Waals surface area (Å²) in [5.74, 6) is -0.197. The van der Waals surface area contributed by atoms with Crippen LogP contribution in [-0.2, 0) is 6.18 Å². The lowest BCUT2D eigenvalue weighted by atomic mass is 9.84. The number of alkyl halides is 3. The van der Waals surface area contributed by atoms with Gasteiger partial charge in [-0.3, -0.25) is 0 Å². The van der Waals surface area contributed by atoms with Crippen LogP contribution in [0.5, 0.6) is 0 Å². The van der Waals surface area contributed by atoms with Gasteiger partial charge in [0.05, 0.1) is 0 Å². The van der Waals surface area contributed by atoms with Gasteiger partial charge in [0.1, 0.15) is 11.6 Å². The molecule has 0 aromatic carbocycles. The zero-order valence-corrected chi connectivity index (χ0v) is 11.7. The first-order valence-corrected chi connectivity index (χ1v) is 7.08. The molecule has 116 valence electrons. The predicted octanol–water partition coefficient (Wildman–Crippen LogP) is 2.04. The van der Waals surface area contributed by atoms with Gasteiger partial charge in [0.2, 0.25) is 5.82 Å². The van der Waals surface area contributed by atoms with Crippen molar-refractivity contribution in [2.75, 3.05) is 37.3 Å². The smallest absolute Gasteiger partial charge is 0.373 e. The number of nitrogens with zero attached hydrogens (tertiary/aromatic N) is 3. The van der Waals surface area contributed by atoms with Gasteiger partial charge in [-0.05, 0) is 31.8 Å². The van der Waals surface area contributed by atoms with Crippen LogP contribution in [-0.4, -0.2) is 47.6 Å². The van der Waals surface area contributed by atoms with Crippen molar-refractivity contribution < 1.29 is 13.2 Å². The molecule has 3 saturated heterocycles. The third kappa shape index (κ3) is 3.04. The Morgan fingerprint density at radius 1 is 1.19 bits per heavy atom. The van der Waals surface area contributed by atoms with Crippen molar-refractivity contribution in [3.8, 4) is 0 Å². The Labute approximate surface area is 120 Å². The maximum atomic E-state index is 12.8. The average Bonchev–Trinajstić information content (AvgIpc) is 2.47. The molecule has 2 bridgehead atoms. The molecule has 4 heterocycles. The van der Waals surface area contributed by atoms with E-state index in [0.717, 1.165) is 32.5 Å². The van der Waals surface area contributed by atoms with Gasteiger partial charge in [0.15, 0.2) is 0 Å². The van der Waals surface area contributed by atoms with Gasteiger partial charge < -0.3 is 15.5 Å². The van der Waals surface area contributed by atoms with E-state index in [4.69, 9.17) is 0 Å². The number of piperidine rings is 3. The van der Waals surface area contributed by atoms with E-state index in [0.29, 0.717) is 5.92 Å². The molecule has 3 aliphatic rings. The van der Waals surface area contributed by atoms with Crippen LogP contribution in [0.2, 0.25) is 0 Å². The summed E-state index contributed by atoms with van der Waals surface area (Å²) in [6, 6.07) is 1.68. The standard InChI is InChI=1S/C13H18F3N5/c1-17-10-6-11(20-12(19-10)13(14,15)16)18-9-7-21-4-2-8(9)3-5-21/h6,8-9H,2-5,7H2,1H3,(H2,17,18,19,20). The Balaban J connectivity index is 1.81. The summed E-state index contributed by atoms with van der Waals surface area (Å²) < 4.78 is 38.5. The molecule has 4 rings (SSSR count). The van der Waals surface area contributed by atoms with Crippen molar-refractivity contribution in [1.29, 1.82) is 0 Å². The molecule has 1 unspecified atom stereocenters. The van der Waals surface area contributed by atoms with Crippen molar-refractivity contribution in [1.82, 2.24) is 14.9 Å². The fraction of sp³-hybridized carbons (Fsp3) is 0.692. The lowest BCUT2D eigenvalue weighted by molar-refractivity contribution is -0.144. The summed E-state index contributed by atoms with van der Waals surface area (Å²) in [6.07, 6.45) is -2.36. The van der Waals surface area contributed by atoms with Crippen LogP contribution in [0.4, 0.5) is 24.8 Å². The van der Waals surface area contributed by atoms with E-state index in [-0.39, 0.29) is 17.7 Å². The molecule has 3 aliphatic heterocycles.